The Hall–Kier alpha value is -4.31. The highest BCUT2D eigenvalue weighted by Gasteiger charge is 2.49. The Kier molecular flexibility index (Phi) is 5.11. The van der Waals surface area contributed by atoms with E-state index in [1.54, 1.807) is 0 Å². The number of benzene rings is 2. The highest BCUT2D eigenvalue weighted by molar-refractivity contribution is 6.32. The number of nitriles is 1. The second-order valence-corrected chi connectivity index (χ2v) is 8.73. The van der Waals surface area contributed by atoms with Crippen LogP contribution in [0.3, 0.4) is 0 Å². The molecule has 0 radical (unpaired) electrons. The van der Waals surface area contributed by atoms with Crippen LogP contribution in [0.5, 0.6) is 5.88 Å². The van der Waals surface area contributed by atoms with Gasteiger partial charge in [0, 0.05) is 18.2 Å². The number of carbonyl (C=O) groups is 1. The van der Waals surface area contributed by atoms with Gasteiger partial charge in [-0.15, -0.1) is 0 Å². The summed E-state index contributed by atoms with van der Waals surface area (Å²) in [7, 11) is 0. The van der Waals surface area contributed by atoms with Crippen molar-refractivity contribution in [3.63, 3.8) is 0 Å². The normalized spacial score (nSPS) is 18.2. The molecule has 0 spiro atoms. The highest BCUT2D eigenvalue weighted by Crippen LogP contribution is 2.49. The van der Waals surface area contributed by atoms with Gasteiger partial charge in [-0.05, 0) is 36.8 Å². The summed E-state index contributed by atoms with van der Waals surface area (Å²) < 4.78 is 42.2. The van der Waals surface area contributed by atoms with Crippen molar-refractivity contribution < 1.29 is 28.0 Å². The van der Waals surface area contributed by atoms with E-state index in [1.807, 2.05) is 0 Å². The lowest BCUT2D eigenvalue weighted by Gasteiger charge is -2.27. The largest absolute Gasteiger partial charge is 0.493 e. The Morgan fingerprint density at radius 3 is 2.61 bits per heavy atom. The van der Waals surface area contributed by atoms with Crippen molar-refractivity contribution >= 4 is 23.2 Å². The molecule has 2 aliphatic rings. The molecule has 3 aromatic rings. The number of imidazole rings is 1. The van der Waals surface area contributed by atoms with Crippen LogP contribution < -0.4 is 5.69 Å². The zero-order valence-electron chi connectivity index (χ0n) is 17.9. The summed E-state index contributed by atoms with van der Waals surface area (Å²) in [6.45, 7) is 0.0530. The van der Waals surface area contributed by atoms with E-state index in [0.717, 1.165) is 18.2 Å². The number of nitro groups is 1. The molecule has 0 saturated carbocycles. The van der Waals surface area contributed by atoms with Crippen LogP contribution in [-0.2, 0) is 6.18 Å². The number of amides is 1. The van der Waals surface area contributed by atoms with E-state index in [0.29, 0.717) is 10.6 Å². The summed E-state index contributed by atoms with van der Waals surface area (Å²) in [5, 5.41) is 30.9. The SMILES string of the molecule is N#Cc1ccc(-n2c(O)c3n(c2=O)[C@H]2C[C@@H]3N(C(=O)c3ccc(Cl)c([N+](=O)[O-])c3)C2)cc1C(F)(F)F. The van der Waals surface area contributed by atoms with Gasteiger partial charge in [0.05, 0.1) is 39.9 Å². The van der Waals surface area contributed by atoms with E-state index in [2.05, 4.69) is 0 Å². The molecule has 1 N–H and O–H groups in total. The van der Waals surface area contributed by atoms with E-state index in [1.165, 1.54) is 27.7 Å². The third-order valence-electron chi connectivity index (χ3n) is 6.40. The summed E-state index contributed by atoms with van der Waals surface area (Å²) >= 11 is 5.81. The quantitative estimate of drug-likeness (QED) is 0.411. The van der Waals surface area contributed by atoms with Gasteiger partial charge in [-0.3, -0.25) is 19.5 Å². The average Bonchev–Trinajstić information content (AvgIpc) is 3.49. The standard InChI is InChI=1S/C22H13ClF3N5O5/c23-15-4-2-10(5-16(15)31(35)36)19(32)28-9-13-7-17(28)18-20(33)30(21(34)29(13)18)12-3-1-11(8-27)14(6-12)22(24,25)26/h1-6,13,17,33H,7,9H2/t13-,17-/m0/s1. The molecular weight excluding hydrogens is 507 g/mol. The first-order valence-electron chi connectivity index (χ1n) is 10.4. The minimum atomic E-state index is -4.87. The minimum Gasteiger partial charge on any atom is -0.493 e. The second-order valence-electron chi connectivity index (χ2n) is 8.32. The van der Waals surface area contributed by atoms with Crippen molar-refractivity contribution in [2.75, 3.05) is 6.54 Å². The molecule has 1 saturated heterocycles. The molecule has 2 atom stereocenters. The van der Waals surface area contributed by atoms with Gasteiger partial charge in [0.2, 0.25) is 5.88 Å². The van der Waals surface area contributed by atoms with E-state index < -0.39 is 57.5 Å². The first kappa shape index (κ1) is 23.4. The predicted molar refractivity (Wildman–Crippen MR) is 117 cm³/mol. The lowest BCUT2D eigenvalue weighted by atomic mass is 10.1. The van der Waals surface area contributed by atoms with Crippen LogP contribution in [0.4, 0.5) is 18.9 Å². The third kappa shape index (κ3) is 3.33. The fraction of sp³-hybridized carbons (Fsp3) is 0.227. The number of hydrogen-bond acceptors (Lipinski definition) is 6. The maximum atomic E-state index is 13.4. The van der Waals surface area contributed by atoms with Gasteiger partial charge in [-0.1, -0.05) is 11.6 Å². The first-order chi connectivity index (χ1) is 16.9. The van der Waals surface area contributed by atoms with E-state index in [9.17, 15) is 38.0 Å². The number of hydrogen-bond donors (Lipinski definition) is 1. The maximum Gasteiger partial charge on any atom is 0.417 e. The molecule has 1 fully saturated rings. The molecule has 184 valence electrons. The molecule has 36 heavy (non-hydrogen) atoms. The maximum absolute atomic E-state index is 13.4. The van der Waals surface area contributed by atoms with Gasteiger partial charge < -0.3 is 10.0 Å². The van der Waals surface area contributed by atoms with Crippen molar-refractivity contribution in [1.82, 2.24) is 14.0 Å². The van der Waals surface area contributed by atoms with Crippen LogP contribution in [0.15, 0.2) is 41.2 Å². The van der Waals surface area contributed by atoms with Crippen LogP contribution in [0.1, 0.15) is 45.7 Å². The summed E-state index contributed by atoms with van der Waals surface area (Å²) in [4.78, 5) is 38.1. The molecule has 14 heteroatoms. The zero-order chi connectivity index (χ0) is 26.1. The Morgan fingerprint density at radius 2 is 1.97 bits per heavy atom. The number of aromatic hydroxyl groups is 1. The fourth-order valence-electron chi connectivity index (χ4n) is 4.86. The molecule has 2 aliphatic heterocycles. The van der Waals surface area contributed by atoms with E-state index >= 15 is 0 Å². The lowest BCUT2D eigenvalue weighted by Crippen LogP contribution is -2.37. The summed E-state index contributed by atoms with van der Waals surface area (Å²) in [5.74, 6) is -1.23. The molecule has 0 aliphatic carbocycles. The molecule has 1 aromatic heterocycles. The molecule has 2 bridgehead atoms. The van der Waals surface area contributed by atoms with Gasteiger partial charge in [0.15, 0.2) is 0 Å². The van der Waals surface area contributed by atoms with Crippen molar-refractivity contribution in [3.8, 4) is 17.6 Å². The van der Waals surface area contributed by atoms with Crippen molar-refractivity contribution in [1.29, 1.82) is 5.26 Å². The number of carbonyl (C=O) groups excluding carboxylic acids is 1. The van der Waals surface area contributed by atoms with E-state index in [4.69, 9.17) is 16.9 Å². The zero-order valence-corrected chi connectivity index (χ0v) is 18.6. The van der Waals surface area contributed by atoms with Gasteiger partial charge in [0.1, 0.15) is 10.7 Å². The lowest BCUT2D eigenvalue weighted by molar-refractivity contribution is -0.384. The predicted octanol–water partition coefficient (Wildman–Crippen LogP) is 3.94. The van der Waals surface area contributed by atoms with Gasteiger partial charge in [-0.2, -0.15) is 18.4 Å². The number of halogens is 4. The van der Waals surface area contributed by atoms with Crippen LogP contribution in [0.2, 0.25) is 5.02 Å². The molecule has 10 nitrogen and oxygen atoms in total. The Morgan fingerprint density at radius 1 is 1.25 bits per heavy atom. The number of rotatable bonds is 3. The topological polar surface area (TPSA) is 134 Å². The highest BCUT2D eigenvalue weighted by atomic mass is 35.5. The minimum absolute atomic E-state index is 0.0200. The Labute approximate surface area is 204 Å². The number of nitro benzene ring substituents is 1. The third-order valence-corrected chi connectivity index (χ3v) is 6.72. The molecule has 2 aromatic carbocycles. The molecule has 1 amide bonds. The number of nitrogens with zero attached hydrogens (tertiary/aromatic N) is 5. The monoisotopic (exact) mass is 519 g/mol. The Bertz CT molecular complexity index is 1570. The molecule has 5 rings (SSSR count). The van der Waals surface area contributed by atoms with Crippen molar-refractivity contribution in [2.24, 2.45) is 0 Å². The van der Waals surface area contributed by atoms with Gasteiger partial charge >= 0.3 is 11.9 Å². The van der Waals surface area contributed by atoms with Gasteiger partial charge in [0.25, 0.3) is 11.6 Å². The first-order valence-corrected chi connectivity index (χ1v) is 10.7. The van der Waals surface area contributed by atoms with Crippen LogP contribution in [-0.4, -0.2) is 36.5 Å². The molecule has 0 unspecified atom stereocenters. The van der Waals surface area contributed by atoms with Crippen molar-refractivity contribution in [2.45, 2.75) is 24.7 Å². The summed E-state index contributed by atoms with van der Waals surface area (Å²) in [5.41, 5.74) is -3.42. The second kappa shape index (κ2) is 7.85. The van der Waals surface area contributed by atoms with Gasteiger partial charge in [-0.25, -0.2) is 9.36 Å². The summed E-state index contributed by atoms with van der Waals surface area (Å²) in [6, 6.07) is 6.30. The smallest absolute Gasteiger partial charge is 0.417 e. The Balaban J connectivity index is 1.56. The number of likely N-dealkylation sites (tertiary alicyclic amines) is 1. The summed E-state index contributed by atoms with van der Waals surface area (Å²) in [6.07, 6.45) is -4.59. The number of aromatic nitrogens is 2. The van der Waals surface area contributed by atoms with Crippen molar-refractivity contribution in [3.05, 3.63) is 84.4 Å². The molecular formula is C22H13ClF3N5O5. The average molecular weight is 520 g/mol. The molecule has 3 heterocycles. The number of alkyl halides is 3. The van der Waals surface area contributed by atoms with Crippen LogP contribution in [0, 0.1) is 21.4 Å². The van der Waals surface area contributed by atoms with Crippen LogP contribution >= 0.6 is 11.6 Å². The van der Waals surface area contributed by atoms with E-state index in [-0.39, 0.29) is 34.9 Å². The fourth-order valence-corrected chi connectivity index (χ4v) is 5.04. The van der Waals surface area contributed by atoms with Crippen LogP contribution in [0.25, 0.3) is 5.69 Å². The number of fused-ring (bicyclic) bond motifs is 5.